The Hall–Kier alpha value is -1.65. The minimum absolute atomic E-state index is 0.0516. The highest BCUT2D eigenvalue weighted by Gasteiger charge is 2.21. The number of benzene rings is 2. The van der Waals surface area contributed by atoms with Crippen LogP contribution in [0.1, 0.15) is 22.7 Å². The van der Waals surface area contributed by atoms with Crippen molar-refractivity contribution in [3.05, 3.63) is 65.2 Å². The van der Waals surface area contributed by atoms with Gasteiger partial charge in [0.25, 0.3) is 0 Å². The topological polar surface area (TPSA) is 46.2 Å². The van der Waals surface area contributed by atoms with Crippen LogP contribution in [0.15, 0.2) is 53.4 Å². The molecule has 0 bridgehead atoms. The SMILES string of the molecule is CNC(CS(=O)(=O)c1ccccc1)c1ccc(C)c(C)c1. The van der Waals surface area contributed by atoms with Crippen molar-refractivity contribution in [3.8, 4) is 0 Å². The van der Waals surface area contributed by atoms with Crippen LogP contribution in [0.5, 0.6) is 0 Å². The quantitative estimate of drug-likeness (QED) is 0.923. The fourth-order valence-corrected chi connectivity index (χ4v) is 3.83. The molecule has 0 saturated heterocycles. The summed E-state index contributed by atoms with van der Waals surface area (Å²) in [5.74, 6) is 0.0516. The van der Waals surface area contributed by atoms with Gasteiger partial charge in [0.1, 0.15) is 0 Å². The first kappa shape index (κ1) is 15.7. The number of hydrogen-bond donors (Lipinski definition) is 1. The predicted octanol–water partition coefficient (Wildman–Crippen LogP) is 3.04. The minimum atomic E-state index is -3.31. The van der Waals surface area contributed by atoms with Crippen LogP contribution in [-0.2, 0) is 9.84 Å². The largest absolute Gasteiger partial charge is 0.312 e. The van der Waals surface area contributed by atoms with Crippen LogP contribution in [0.25, 0.3) is 0 Å². The summed E-state index contributed by atoms with van der Waals surface area (Å²) < 4.78 is 25.0. The van der Waals surface area contributed by atoms with Crippen molar-refractivity contribution in [1.29, 1.82) is 0 Å². The van der Waals surface area contributed by atoms with Gasteiger partial charge >= 0.3 is 0 Å². The fourth-order valence-electron chi connectivity index (χ4n) is 2.27. The maximum atomic E-state index is 12.5. The van der Waals surface area contributed by atoms with E-state index in [1.54, 1.807) is 31.3 Å². The Morgan fingerprint density at radius 1 is 1.00 bits per heavy atom. The van der Waals surface area contributed by atoms with Crippen molar-refractivity contribution in [1.82, 2.24) is 5.32 Å². The number of nitrogens with one attached hydrogen (secondary N) is 1. The Labute approximate surface area is 126 Å². The van der Waals surface area contributed by atoms with Gasteiger partial charge in [-0.15, -0.1) is 0 Å². The van der Waals surface area contributed by atoms with Crippen LogP contribution in [0, 0.1) is 13.8 Å². The van der Waals surface area contributed by atoms with Crippen LogP contribution in [0.3, 0.4) is 0 Å². The number of hydrogen-bond acceptors (Lipinski definition) is 3. The number of aryl methyl sites for hydroxylation is 2. The summed E-state index contributed by atoms with van der Waals surface area (Å²) in [5.41, 5.74) is 3.38. The third-order valence-corrected chi connectivity index (χ3v) is 5.53. The van der Waals surface area contributed by atoms with Crippen LogP contribution < -0.4 is 5.32 Å². The highest BCUT2D eigenvalue weighted by Crippen LogP contribution is 2.21. The molecule has 1 N–H and O–H groups in total. The third kappa shape index (κ3) is 3.71. The standard InChI is InChI=1S/C17H21NO2S/c1-13-9-10-15(11-14(13)2)17(18-3)12-21(19,20)16-7-5-4-6-8-16/h4-11,17-18H,12H2,1-3H3. The normalized spacial score (nSPS) is 13.1. The fraction of sp³-hybridized carbons (Fsp3) is 0.294. The van der Waals surface area contributed by atoms with Gasteiger partial charge in [-0.05, 0) is 49.7 Å². The summed E-state index contributed by atoms with van der Waals surface area (Å²) in [6, 6.07) is 14.5. The van der Waals surface area contributed by atoms with Crippen molar-refractivity contribution in [2.75, 3.05) is 12.8 Å². The molecule has 4 heteroatoms. The number of sulfone groups is 1. The molecule has 0 aliphatic heterocycles. The molecule has 2 aromatic rings. The molecule has 0 amide bonds. The molecule has 1 atom stereocenters. The Morgan fingerprint density at radius 3 is 2.24 bits per heavy atom. The lowest BCUT2D eigenvalue weighted by atomic mass is 10.0. The van der Waals surface area contributed by atoms with E-state index >= 15 is 0 Å². The van der Waals surface area contributed by atoms with Gasteiger partial charge in [-0.1, -0.05) is 36.4 Å². The van der Waals surface area contributed by atoms with Gasteiger partial charge in [0.2, 0.25) is 0 Å². The average Bonchev–Trinajstić information content (AvgIpc) is 2.49. The molecule has 21 heavy (non-hydrogen) atoms. The summed E-state index contributed by atoms with van der Waals surface area (Å²) in [6.07, 6.45) is 0. The van der Waals surface area contributed by atoms with Crippen molar-refractivity contribution in [3.63, 3.8) is 0 Å². The molecule has 0 spiro atoms. The molecule has 2 aromatic carbocycles. The van der Waals surface area contributed by atoms with E-state index in [9.17, 15) is 8.42 Å². The molecule has 0 saturated carbocycles. The van der Waals surface area contributed by atoms with Gasteiger partial charge in [0.15, 0.2) is 9.84 Å². The monoisotopic (exact) mass is 303 g/mol. The van der Waals surface area contributed by atoms with Crippen LogP contribution in [0.2, 0.25) is 0 Å². The van der Waals surface area contributed by atoms with E-state index in [2.05, 4.69) is 11.4 Å². The Balaban J connectivity index is 2.29. The highest BCUT2D eigenvalue weighted by atomic mass is 32.2. The van der Waals surface area contributed by atoms with Gasteiger partial charge in [0.05, 0.1) is 10.6 Å². The lowest BCUT2D eigenvalue weighted by molar-refractivity contribution is 0.574. The first-order valence-electron chi connectivity index (χ1n) is 6.96. The maximum absolute atomic E-state index is 12.5. The van der Waals surface area contributed by atoms with Gasteiger partial charge in [-0.25, -0.2) is 8.42 Å². The van der Waals surface area contributed by atoms with Gasteiger partial charge < -0.3 is 5.32 Å². The lowest BCUT2D eigenvalue weighted by Crippen LogP contribution is -2.25. The Bertz CT molecular complexity index is 709. The molecular weight excluding hydrogens is 282 g/mol. The molecular formula is C17H21NO2S. The van der Waals surface area contributed by atoms with Crippen LogP contribution in [0.4, 0.5) is 0 Å². The molecule has 0 aliphatic rings. The summed E-state index contributed by atoms with van der Waals surface area (Å²) in [4.78, 5) is 0.370. The Kier molecular flexibility index (Phi) is 4.80. The van der Waals surface area contributed by atoms with Gasteiger partial charge in [0, 0.05) is 6.04 Å². The van der Waals surface area contributed by atoms with E-state index < -0.39 is 9.84 Å². The maximum Gasteiger partial charge on any atom is 0.180 e. The van der Waals surface area contributed by atoms with E-state index in [1.807, 2.05) is 32.0 Å². The van der Waals surface area contributed by atoms with Crippen LogP contribution >= 0.6 is 0 Å². The van der Waals surface area contributed by atoms with Gasteiger partial charge in [-0.3, -0.25) is 0 Å². The molecule has 3 nitrogen and oxygen atoms in total. The minimum Gasteiger partial charge on any atom is -0.312 e. The molecule has 112 valence electrons. The number of rotatable bonds is 5. The van der Waals surface area contributed by atoms with Crippen molar-refractivity contribution < 1.29 is 8.42 Å². The zero-order chi connectivity index (χ0) is 15.5. The summed E-state index contributed by atoms with van der Waals surface area (Å²) in [5, 5.41) is 3.11. The zero-order valence-corrected chi connectivity index (χ0v) is 13.4. The molecule has 0 radical (unpaired) electrons. The van der Waals surface area contributed by atoms with E-state index in [0.717, 1.165) is 5.56 Å². The molecule has 2 rings (SSSR count). The summed E-state index contributed by atoms with van der Waals surface area (Å²) in [7, 11) is -1.51. The molecule has 0 fully saturated rings. The first-order valence-corrected chi connectivity index (χ1v) is 8.61. The summed E-state index contributed by atoms with van der Waals surface area (Å²) >= 11 is 0. The van der Waals surface area contributed by atoms with Crippen molar-refractivity contribution >= 4 is 9.84 Å². The molecule has 0 heterocycles. The first-order chi connectivity index (χ1) is 9.94. The van der Waals surface area contributed by atoms with Crippen LogP contribution in [-0.4, -0.2) is 21.2 Å². The molecule has 1 unspecified atom stereocenters. The zero-order valence-electron chi connectivity index (χ0n) is 12.6. The Morgan fingerprint density at radius 2 is 1.67 bits per heavy atom. The highest BCUT2D eigenvalue weighted by molar-refractivity contribution is 7.91. The second kappa shape index (κ2) is 6.41. The van der Waals surface area contributed by atoms with Crippen molar-refractivity contribution in [2.45, 2.75) is 24.8 Å². The second-order valence-corrected chi connectivity index (χ2v) is 7.31. The van der Waals surface area contributed by atoms with E-state index in [0.29, 0.717) is 4.90 Å². The summed E-state index contributed by atoms with van der Waals surface area (Å²) in [6.45, 7) is 4.09. The molecule has 0 aliphatic carbocycles. The van der Waals surface area contributed by atoms with E-state index in [1.165, 1.54) is 11.1 Å². The predicted molar refractivity (Wildman–Crippen MR) is 86.2 cm³/mol. The smallest absolute Gasteiger partial charge is 0.180 e. The van der Waals surface area contributed by atoms with Crippen molar-refractivity contribution in [2.24, 2.45) is 0 Å². The van der Waals surface area contributed by atoms with Gasteiger partial charge in [-0.2, -0.15) is 0 Å². The second-order valence-electron chi connectivity index (χ2n) is 5.28. The van der Waals surface area contributed by atoms with E-state index in [4.69, 9.17) is 0 Å². The average molecular weight is 303 g/mol. The van der Waals surface area contributed by atoms with E-state index in [-0.39, 0.29) is 11.8 Å². The molecule has 0 aromatic heterocycles. The lowest BCUT2D eigenvalue weighted by Gasteiger charge is -2.18. The third-order valence-electron chi connectivity index (χ3n) is 3.77.